The minimum absolute atomic E-state index is 0.328. The van der Waals surface area contributed by atoms with Crippen LogP contribution in [0.4, 0.5) is 5.82 Å². The summed E-state index contributed by atoms with van der Waals surface area (Å²) in [6, 6.07) is 3.66. The molecule has 0 amide bonds. The largest absolute Gasteiger partial charge is 0.363 e. The number of hydrogen-bond donors (Lipinski definition) is 2. The fourth-order valence-corrected chi connectivity index (χ4v) is 1.12. The van der Waals surface area contributed by atoms with Gasteiger partial charge in [0.25, 0.3) is 0 Å². The second-order valence-electron chi connectivity index (χ2n) is 3.23. The third kappa shape index (κ3) is 2.94. The number of H-pyrrole nitrogens is 1. The van der Waals surface area contributed by atoms with Crippen LogP contribution in [0.2, 0.25) is 0 Å². The Morgan fingerprint density at radius 3 is 3.18 bits per heavy atom. The summed E-state index contributed by atoms with van der Waals surface area (Å²) < 4.78 is 0. The van der Waals surface area contributed by atoms with Crippen LogP contribution in [0.15, 0.2) is 34.4 Å². The predicted molar refractivity (Wildman–Crippen MR) is 62.8 cm³/mol. The molecule has 0 radical (unpaired) electrons. The molecule has 0 aliphatic rings. The number of pyridine rings is 1. The fourth-order valence-electron chi connectivity index (χ4n) is 1.12. The number of nitrogens with zero attached hydrogens (tertiary/aromatic N) is 4. The summed E-state index contributed by atoms with van der Waals surface area (Å²) in [6.07, 6.45) is 4.92. The van der Waals surface area contributed by atoms with Gasteiger partial charge in [-0.3, -0.25) is 10.4 Å². The van der Waals surface area contributed by atoms with Gasteiger partial charge in [-0.25, -0.2) is 9.89 Å². The van der Waals surface area contributed by atoms with Crippen molar-refractivity contribution in [2.75, 3.05) is 5.43 Å². The molecule has 0 aromatic carbocycles. The van der Waals surface area contributed by atoms with Crippen molar-refractivity contribution >= 4 is 12.0 Å². The Bertz CT molecular complexity index is 577. The molecule has 2 aromatic rings. The average Bonchev–Trinajstić information content (AvgIpc) is 2.35. The van der Waals surface area contributed by atoms with Crippen LogP contribution < -0.4 is 11.1 Å². The van der Waals surface area contributed by atoms with Gasteiger partial charge in [0.15, 0.2) is 5.82 Å². The molecule has 0 bridgehead atoms. The lowest BCUT2D eigenvalue weighted by atomic mass is 10.3. The highest BCUT2D eigenvalue weighted by molar-refractivity contribution is 5.79. The SMILES string of the molecule is Cc1n[nH]c(=O)nc1N/N=C/c1cccnc1. The second-order valence-corrected chi connectivity index (χ2v) is 3.23. The van der Waals surface area contributed by atoms with E-state index in [9.17, 15) is 4.79 Å². The first-order valence-electron chi connectivity index (χ1n) is 4.88. The van der Waals surface area contributed by atoms with Gasteiger partial charge in [0.05, 0.1) is 6.21 Å². The first-order valence-corrected chi connectivity index (χ1v) is 4.88. The monoisotopic (exact) mass is 230 g/mol. The number of hydrazone groups is 1. The normalized spacial score (nSPS) is 10.6. The topological polar surface area (TPSA) is 95.9 Å². The molecule has 0 fully saturated rings. The van der Waals surface area contributed by atoms with E-state index >= 15 is 0 Å². The van der Waals surface area contributed by atoms with Gasteiger partial charge in [-0.15, -0.1) is 0 Å². The van der Waals surface area contributed by atoms with Crippen molar-refractivity contribution in [1.82, 2.24) is 20.2 Å². The lowest BCUT2D eigenvalue weighted by Gasteiger charge is -2.00. The molecular formula is C10H10N6O. The summed E-state index contributed by atoms with van der Waals surface area (Å²) in [6.45, 7) is 1.71. The van der Waals surface area contributed by atoms with Crippen molar-refractivity contribution < 1.29 is 0 Å². The van der Waals surface area contributed by atoms with E-state index in [1.165, 1.54) is 0 Å². The number of rotatable bonds is 3. The van der Waals surface area contributed by atoms with Crippen LogP contribution in [0.5, 0.6) is 0 Å². The molecule has 0 unspecified atom stereocenters. The standard InChI is InChI=1S/C10H10N6O/c1-7-9(13-10(17)16-14-7)15-12-6-8-3-2-4-11-5-8/h2-6H,1H3,(H2,13,15,16,17)/b12-6+. The van der Waals surface area contributed by atoms with Crippen molar-refractivity contribution in [1.29, 1.82) is 0 Å². The van der Waals surface area contributed by atoms with Crippen LogP contribution in [0.1, 0.15) is 11.3 Å². The van der Waals surface area contributed by atoms with E-state index in [2.05, 4.69) is 30.7 Å². The number of anilines is 1. The summed E-state index contributed by atoms with van der Waals surface area (Å²) in [5.74, 6) is 0.328. The Hall–Kier alpha value is -2.57. The summed E-state index contributed by atoms with van der Waals surface area (Å²) in [5.41, 5.74) is 3.54. The van der Waals surface area contributed by atoms with Gasteiger partial charge in [0.1, 0.15) is 5.69 Å². The summed E-state index contributed by atoms with van der Waals surface area (Å²) >= 11 is 0. The number of aryl methyl sites for hydroxylation is 1. The van der Waals surface area contributed by atoms with Crippen LogP contribution >= 0.6 is 0 Å². The minimum Gasteiger partial charge on any atom is -0.264 e. The minimum atomic E-state index is -0.519. The van der Waals surface area contributed by atoms with Crippen LogP contribution in [-0.2, 0) is 0 Å². The maximum atomic E-state index is 10.9. The van der Waals surface area contributed by atoms with E-state index in [1.807, 2.05) is 6.07 Å². The lowest BCUT2D eigenvalue weighted by Crippen LogP contribution is -2.15. The lowest BCUT2D eigenvalue weighted by molar-refractivity contribution is 0.879. The van der Waals surface area contributed by atoms with Gasteiger partial charge in [-0.05, 0) is 13.0 Å². The van der Waals surface area contributed by atoms with Crippen LogP contribution in [0.3, 0.4) is 0 Å². The fraction of sp³-hybridized carbons (Fsp3) is 0.100. The van der Waals surface area contributed by atoms with Gasteiger partial charge in [-0.2, -0.15) is 15.2 Å². The molecule has 0 aliphatic heterocycles. The van der Waals surface area contributed by atoms with E-state index < -0.39 is 5.69 Å². The molecule has 0 atom stereocenters. The average molecular weight is 230 g/mol. The Labute approximate surface area is 96.6 Å². The molecule has 7 heteroatoms. The number of nitrogens with one attached hydrogen (secondary N) is 2. The molecule has 7 nitrogen and oxygen atoms in total. The Morgan fingerprint density at radius 1 is 1.53 bits per heavy atom. The molecule has 17 heavy (non-hydrogen) atoms. The predicted octanol–water partition coefficient (Wildman–Crippen LogP) is 0.314. The van der Waals surface area contributed by atoms with Crippen LogP contribution in [0.25, 0.3) is 0 Å². The van der Waals surface area contributed by atoms with Crippen molar-refractivity contribution in [3.8, 4) is 0 Å². The van der Waals surface area contributed by atoms with Crippen LogP contribution in [0, 0.1) is 6.92 Å². The Morgan fingerprint density at radius 2 is 2.41 bits per heavy atom. The zero-order chi connectivity index (χ0) is 12.1. The highest BCUT2D eigenvalue weighted by atomic mass is 16.1. The molecule has 2 heterocycles. The molecule has 2 N–H and O–H groups in total. The van der Waals surface area contributed by atoms with Gasteiger partial charge < -0.3 is 0 Å². The highest BCUT2D eigenvalue weighted by Crippen LogP contribution is 2.02. The van der Waals surface area contributed by atoms with E-state index in [1.54, 1.807) is 31.6 Å². The van der Waals surface area contributed by atoms with E-state index in [-0.39, 0.29) is 0 Å². The zero-order valence-electron chi connectivity index (χ0n) is 9.08. The third-order valence-electron chi connectivity index (χ3n) is 1.94. The number of hydrogen-bond acceptors (Lipinski definition) is 6. The smallest absolute Gasteiger partial charge is 0.264 e. The summed E-state index contributed by atoms with van der Waals surface area (Å²) in [4.78, 5) is 18.6. The van der Waals surface area contributed by atoms with Gasteiger partial charge in [0.2, 0.25) is 0 Å². The quantitative estimate of drug-likeness (QED) is 0.584. The van der Waals surface area contributed by atoms with Crippen molar-refractivity contribution in [3.63, 3.8) is 0 Å². The van der Waals surface area contributed by atoms with Crippen molar-refractivity contribution in [2.24, 2.45) is 5.10 Å². The third-order valence-corrected chi connectivity index (χ3v) is 1.94. The molecule has 0 spiro atoms. The summed E-state index contributed by atoms with van der Waals surface area (Å²) in [7, 11) is 0. The molecule has 0 aliphatic carbocycles. The Kier molecular flexibility index (Phi) is 3.20. The molecule has 2 aromatic heterocycles. The van der Waals surface area contributed by atoms with Gasteiger partial charge >= 0.3 is 5.69 Å². The van der Waals surface area contributed by atoms with E-state index in [0.29, 0.717) is 11.5 Å². The van der Waals surface area contributed by atoms with E-state index in [0.717, 1.165) is 5.56 Å². The highest BCUT2D eigenvalue weighted by Gasteiger charge is 1.99. The van der Waals surface area contributed by atoms with E-state index in [4.69, 9.17) is 0 Å². The van der Waals surface area contributed by atoms with Crippen molar-refractivity contribution in [2.45, 2.75) is 6.92 Å². The molecule has 0 saturated heterocycles. The first kappa shape index (κ1) is 10.9. The molecular weight excluding hydrogens is 220 g/mol. The second kappa shape index (κ2) is 4.97. The van der Waals surface area contributed by atoms with Gasteiger partial charge in [-0.1, -0.05) is 6.07 Å². The number of aromatic amines is 1. The van der Waals surface area contributed by atoms with Gasteiger partial charge in [0, 0.05) is 18.0 Å². The Balaban J connectivity index is 2.10. The maximum Gasteiger partial charge on any atom is 0.363 e. The maximum absolute atomic E-state index is 10.9. The van der Waals surface area contributed by atoms with Crippen LogP contribution in [-0.4, -0.2) is 26.4 Å². The first-order chi connectivity index (χ1) is 8.25. The zero-order valence-corrected chi connectivity index (χ0v) is 9.08. The van der Waals surface area contributed by atoms with Crippen molar-refractivity contribution in [3.05, 3.63) is 46.3 Å². The number of aromatic nitrogens is 4. The molecule has 2 rings (SSSR count). The molecule has 86 valence electrons. The summed E-state index contributed by atoms with van der Waals surface area (Å²) in [5, 5.41) is 9.93. The molecule has 0 saturated carbocycles.